The molecule has 1 aliphatic carbocycles. The Morgan fingerprint density at radius 3 is 2.41 bits per heavy atom. The summed E-state index contributed by atoms with van der Waals surface area (Å²) in [7, 11) is 0. The van der Waals surface area contributed by atoms with E-state index in [4.69, 9.17) is 0 Å². The van der Waals surface area contributed by atoms with E-state index in [1.807, 2.05) is 0 Å². The van der Waals surface area contributed by atoms with E-state index < -0.39 is 12.0 Å². The van der Waals surface area contributed by atoms with Crippen molar-refractivity contribution in [2.45, 2.75) is 38.1 Å². The van der Waals surface area contributed by atoms with Gasteiger partial charge in [0, 0.05) is 31.1 Å². The number of phenols is 1. The van der Waals surface area contributed by atoms with Crippen LogP contribution in [0.5, 0.6) is 5.75 Å². The Morgan fingerprint density at radius 1 is 1.11 bits per heavy atom. The van der Waals surface area contributed by atoms with Crippen LogP contribution in [0.4, 0.5) is 0 Å². The number of aromatic hydroxyl groups is 1. The molecule has 2 N–H and O–H groups in total. The maximum absolute atomic E-state index is 12.7. The van der Waals surface area contributed by atoms with E-state index in [-0.39, 0.29) is 28.9 Å². The van der Waals surface area contributed by atoms with Gasteiger partial charge in [-0.2, -0.15) is 0 Å². The van der Waals surface area contributed by atoms with Crippen molar-refractivity contribution in [3.05, 3.63) is 29.8 Å². The molecule has 3 aliphatic rings. The number of carboxylic acid groups (broad SMARTS) is 1. The molecule has 0 bridgehead atoms. The quantitative estimate of drug-likeness (QED) is 0.842. The summed E-state index contributed by atoms with van der Waals surface area (Å²) in [6, 6.07) is 5.56. The Morgan fingerprint density at radius 2 is 1.81 bits per heavy atom. The van der Waals surface area contributed by atoms with Crippen LogP contribution in [0.2, 0.25) is 0 Å². The van der Waals surface area contributed by atoms with Crippen molar-refractivity contribution < 1.29 is 24.6 Å². The standard InChI is InChI=1S/C20H24N2O5/c23-15-3-1-2-14(10-15)17(24)21-8-6-20(7-9-21)11-16(19(26)27)22(12-20)18(25)13-4-5-13/h1-3,10,13,16,23H,4-9,11-12H2,(H,26,27)/t16-/m0/s1. The van der Waals surface area contributed by atoms with Gasteiger partial charge in [-0.1, -0.05) is 6.07 Å². The van der Waals surface area contributed by atoms with E-state index in [0.29, 0.717) is 44.5 Å². The van der Waals surface area contributed by atoms with Crippen LogP contribution in [0.25, 0.3) is 0 Å². The summed E-state index contributed by atoms with van der Waals surface area (Å²) >= 11 is 0. The van der Waals surface area contributed by atoms with Crippen LogP contribution in [-0.2, 0) is 9.59 Å². The molecule has 0 radical (unpaired) electrons. The smallest absolute Gasteiger partial charge is 0.326 e. The zero-order valence-electron chi connectivity index (χ0n) is 15.1. The Bertz CT molecular complexity index is 780. The molecule has 7 heteroatoms. The van der Waals surface area contributed by atoms with Crippen LogP contribution in [0, 0.1) is 11.3 Å². The monoisotopic (exact) mass is 372 g/mol. The van der Waals surface area contributed by atoms with Gasteiger partial charge >= 0.3 is 5.97 Å². The van der Waals surface area contributed by atoms with E-state index in [1.54, 1.807) is 21.9 Å². The first kappa shape index (κ1) is 17.8. The van der Waals surface area contributed by atoms with Crippen LogP contribution in [0.3, 0.4) is 0 Å². The third-order valence-corrected chi connectivity index (χ3v) is 6.21. The molecule has 1 spiro atoms. The first-order valence-corrected chi connectivity index (χ1v) is 9.50. The highest BCUT2D eigenvalue weighted by Crippen LogP contribution is 2.45. The van der Waals surface area contributed by atoms with Gasteiger partial charge in [0.2, 0.25) is 5.91 Å². The van der Waals surface area contributed by atoms with Crippen LogP contribution in [0.1, 0.15) is 42.5 Å². The first-order chi connectivity index (χ1) is 12.9. The maximum atomic E-state index is 12.7. The highest BCUT2D eigenvalue weighted by Gasteiger charge is 2.52. The molecule has 1 aromatic carbocycles. The summed E-state index contributed by atoms with van der Waals surface area (Å²) in [4.78, 5) is 40.2. The fourth-order valence-corrected chi connectivity index (χ4v) is 4.44. The number of carbonyl (C=O) groups is 3. The molecular formula is C20H24N2O5. The molecule has 144 valence electrons. The van der Waals surface area contributed by atoms with Crippen molar-refractivity contribution in [3.63, 3.8) is 0 Å². The van der Waals surface area contributed by atoms with Crippen LogP contribution in [-0.4, -0.2) is 63.5 Å². The number of piperidine rings is 1. The predicted octanol–water partition coefficient (Wildman–Crippen LogP) is 1.71. The average molecular weight is 372 g/mol. The van der Waals surface area contributed by atoms with Gasteiger partial charge in [-0.15, -0.1) is 0 Å². The average Bonchev–Trinajstić information content (AvgIpc) is 3.43. The van der Waals surface area contributed by atoms with Crippen LogP contribution >= 0.6 is 0 Å². The maximum Gasteiger partial charge on any atom is 0.326 e. The van der Waals surface area contributed by atoms with Gasteiger partial charge in [-0.25, -0.2) is 4.79 Å². The third-order valence-electron chi connectivity index (χ3n) is 6.21. The molecular weight excluding hydrogens is 348 g/mol. The van der Waals surface area contributed by atoms with E-state index in [2.05, 4.69) is 0 Å². The number of carbonyl (C=O) groups excluding carboxylic acids is 2. The molecule has 2 amide bonds. The topological polar surface area (TPSA) is 98.2 Å². The normalized spacial score (nSPS) is 24.2. The number of likely N-dealkylation sites (tertiary alicyclic amines) is 2. The Kier molecular flexibility index (Phi) is 4.32. The highest BCUT2D eigenvalue weighted by molar-refractivity contribution is 5.94. The minimum absolute atomic E-state index is 0.00873. The number of carboxylic acids is 1. The first-order valence-electron chi connectivity index (χ1n) is 9.50. The second-order valence-electron chi connectivity index (χ2n) is 8.14. The van der Waals surface area contributed by atoms with Crippen molar-refractivity contribution in [1.29, 1.82) is 0 Å². The third kappa shape index (κ3) is 3.38. The van der Waals surface area contributed by atoms with Crippen molar-refractivity contribution in [2.24, 2.45) is 11.3 Å². The number of amides is 2. The summed E-state index contributed by atoms with van der Waals surface area (Å²) in [5, 5.41) is 19.2. The lowest BCUT2D eigenvalue weighted by Crippen LogP contribution is -2.45. The second-order valence-corrected chi connectivity index (χ2v) is 8.14. The van der Waals surface area contributed by atoms with E-state index >= 15 is 0 Å². The molecule has 4 rings (SSSR count). The minimum atomic E-state index is -0.931. The zero-order valence-corrected chi connectivity index (χ0v) is 15.1. The fraction of sp³-hybridized carbons (Fsp3) is 0.550. The van der Waals surface area contributed by atoms with Gasteiger partial charge in [-0.05, 0) is 55.7 Å². The SMILES string of the molecule is O=C(O)[C@@H]1CC2(CCN(C(=O)c3cccc(O)c3)CC2)CN1C(=O)C1CC1. The summed E-state index contributed by atoms with van der Waals surface area (Å²) in [5.41, 5.74) is 0.231. The van der Waals surface area contributed by atoms with Crippen molar-refractivity contribution in [2.75, 3.05) is 19.6 Å². The van der Waals surface area contributed by atoms with Gasteiger partial charge in [-0.3, -0.25) is 9.59 Å². The molecule has 27 heavy (non-hydrogen) atoms. The summed E-state index contributed by atoms with van der Waals surface area (Å²) < 4.78 is 0. The summed E-state index contributed by atoms with van der Waals surface area (Å²) in [6.45, 7) is 1.55. The molecule has 0 aromatic heterocycles. The van der Waals surface area contributed by atoms with Crippen LogP contribution < -0.4 is 0 Å². The van der Waals surface area contributed by atoms with Gasteiger partial charge < -0.3 is 20.0 Å². The van der Waals surface area contributed by atoms with E-state index in [1.165, 1.54) is 12.1 Å². The van der Waals surface area contributed by atoms with E-state index in [0.717, 1.165) is 12.8 Å². The zero-order chi connectivity index (χ0) is 19.2. The van der Waals surface area contributed by atoms with E-state index in [9.17, 15) is 24.6 Å². The molecule has 3 fully saturated rings. The predicted molar refractivity (Wildman–Crippen MR) is 96.2 cm³/mol. The summed E-state index contributed by atoms with van der Waals surface area (Å²) in [5.74, 6) is -1.01. The van der Waals surface area contributed by atoms with Gasteiger partial charge in [0.05, 0.1) is 0 Å². The number of benzene rings is 1. The Labute approximate surface area is 157 Å². The van der Waals surface area contributed by atoms with Crippen molar-refractivity contribution >= 4 is 17.8 Å². The van der Waals surface area contributed by atoms with Gasteiger partial charge in [0.1, 0.15) is 11.8 Å². The molecule has 2 aliphatic heterocycles. The largest absolute Gasteiger partial charge is 0.508 e. The molecule has 1 aromatic rings. The molecule has 2 heterocycles. The fourth-order valence-electron chi connectivity index (χ4n) is 4.44. The minimum Gasteiger partial charge on any atom is -0.508 e. The lowest BCUT2D eigenvalue weighted by Gasteiger charge is -2.39. The van der Waals surface area contributed by atoms with Gasteiger partial charge in [0.25, 0.3) is 5.91 Å². The molecule has 1 atom stereocenters. The van der Waals surface area contributed by atoms with Gasteiger partial charge in [0.15, 0.2) is 0 Å². The highest BCUT2D eigenvalue weighted by atomic mass is 16.4. The molecule has 2 saturated heterocycles. The number of hydrogen-bond donors (Lipinski definition) is 2. The number of phenolic OH excluding ortho intramolecular Hbond substituents is 1. The second kappa shape index (κ2) is 6.55. The lowest BCUT2D eigenvalue weighted by atomic mass is 9.76. The number of nitrogens with zero attached hydrogens (tertiary/aromatic N) is 2. The lowest BCUT2D eigenvalue weighted by molar-refractivity contribution is -0.148. The number of rotatable bonds is 3. The number of hydrogen-bond acceptors (Lipinski definition) is 4. The molecule has 7 nitrogen and oxygen atoms in total. The van der Waals surface area contributed by atoms with Crippen molar-refractivity contribution in [1.82, 2.24) is 9.80 Å². The Hall–Kier alpha value is -2.57. The Balaban J connectivity index is 1.44. The summed E-state index contributed by atoms with van der Waals surface area (Å²) in [6.07, 6.45) is 3.57. The van der Waals surface area contributed by atoms with Crippen LogP contribution in [0.15, 0.2) is 24.3 Å². The molecule has 1 saturated carbocycles. The van der Waals surface area contributed by atoms with Crippen molar-refractivity contribution in [3.8, 4) is 5.75 Å². The molecule has 0 unspecified atom stereocenters. The number of aliphatic carboxylic acids is 1.